The number of benzene rings is 1. The van der Waals surface area contributed by atoms with Gasteiger partial charge in [0.25, 0.3) is 0 Å². The average Bonchev–Trinajstić information content (AvgIpc) is 2.42. The summed E-state index contributed by atoms with van der Waals surface area (Å²) in [5.74, 6) is -0.139. The minimum absolute atomic E-state index is 0.0955. The van der Waals surface area contributed by atoms with Crippen LogP contribution in [-0.2, 0) is 4.79 Å². The molecule has 112 valence electrons. The Morgan fingerprint density at radius 2 is 1.95 bits per heavy atom. The SMILES string of the molecule is CCC(C)N(C(=O)C(C)(C)CC)c1ccc(F)c(C)c1. The third-order valence-electron chi connectivity index (χ3n) is 4.13. The van der Waals surface area contributed by atoms with Crippen molar-refractivity contribution < 1.29 is 9.18 Å². The molecular weight excluding hydrogens is 253 g/mol. The molecule has 0 radical (unpaired) electrons. The summed E-state index contributed by atoms with van der Waals surface area (Å²) in [5, 5.41) is 0. The Morgan fingerprint density at radius 1 is 1.35 bits per heavy atom. The fourth-order valence-corrected chi connectivity index (χ4v) is 2.01. The summed E-state index contributed by atoms with van der Waals surface area (Å²) in [6.45, 7) is 11.7. The normalized spacial score (nSPS) is 13.2. The highest BCUT2D eigenvalue weighted by Gasteiger charge is 2.33. The van der Waals surface area contributed by atoms with Crippen molar-refractivity contribution in [2.24, 2.45) is 5.41 Å². The van der Waals surface area contributed by atoms with E-state index in [0.717, 1.165) is 18.5 Å². The lowest BCUT2D eigenvalue weighted by molar-refractivity contribution is -0.127. The number of amides is 1. The van der Waals surface area contributed by atoms with Gasteiger partial charge in [-0.25, -0.2) is 4.39 Å². The number of hydrogen-bond donors (Lipinski definition) is 0. The first-order valence-corrected chi connectivity index (χ1v) is 7.34. The zero-order chi connectivity index (χ0) is 15.5. The first kappa shape index (κ1) is 16.7. The average molecular weight is 279 g/mol. The second-order valence-corrected chi connectivity index (χ2v) is 6.10. The van der Waals surface area contributed by atoms with E-state index < -0.39 is 5.41 Å². The molecule has 1 amide bonds. The summed E-state index contributed by atoms with van der Waals surface area (Å²) >= 11 is 0. The molecule has 1 rings (SSSR count). The molecule has 1 aromatic carbocycles. The van der Waals surface area contributed by atoms with Crippen LogP contribution in [0.1, 0.15) is 53.0 Å². The highest BCUT2D eigenvalue weighted by molar-refractivity contribution is 5.97. The lowest BCUT2D eigenvalue weighted by Crippen LogP contribution is -2.45. The van der Waals surface area contributed by atoms with Gasteiger partial charge in [-0.2, -0.15) is 0 Å². The third kappa shape index (κ3) is 3.38. The van der Waals surface area contributed by atoms with Gasteiger partial charge in [-0.15, -0.1) is 0 Å². The molecule has 0 aromatic heterocycles. The Hall–Kier alpha value is -1.38. The standard InChI is InChI=1S/C17H26FNO/c1-7-13(4)19(16(20)17(5,6)8-2)14-9-10-15(18)12(3)11-14/h9-11,13H,7-8H2,1-6H3. The Balaban J connectivity index is 3.26. The molecule has 0 aliphatic carbocycles. The highest BCUT2D eigenvalue weighted by Crippen LogP contribution is 2.30. The summed E-state index contributed by atoms with van der Waals surface area (Å²) in [6, 6.07) is 4.98. The van der Waals surface area contributed by atoms with Gasteiger partial charge in [-0.1, -0.05) is 27.7 Å². The van der Waals surface area contributed by atoms with Gasteiger partial charge in [0.05, 0.1) is 0 Å². The number of anilines is 1. The Labute approximate surface area is 122 Å². The second kappa shape index (κ2) is 6.38. The van der Waals surface area contributed by atoms with Crippen molar-refractivity contribution in [2.75, 3.05) is 4.90 Å². The molecule has 0 aliphatic heterocycles. The van der Waals surface area contributed by atoms with Gasteiger partial charge in [0.2, 0.25) is 5.91 Å². The number of nitrogens with zero attached hydrogens (tertiary/aromatic N) is 1. The molecule has 3 heteroatoms. The molecule has 0 bridgehead atoms. The van der Waals surface area contributed by atoms with Crippen molar-refractivity contribution in [1.82, 2.24) is 0 Å². The minimum Gasteiger partial charge on any atom is -0.309 e. The molecule has 0 N–H and O–H groups in total. The van der Waals surface area contributed by atoms with E-state index in [-0.39, 0.29) is 17.8 Å². The van der Waals surface area contributed by atoms with Crippen LogP contribution in [-0.4, -0.2) is 11.9 Å². The van der Waals surface area contributed by atoms with Crippen LogP contribution in [0.5, 0.6) is 0 Å². The van der Waals surface area contributed by atoms with E-state index in [9.17, 15) is 9.18 Å². The number of carbonyl (C=O) groups is 1. The largest absolute Gasteiger partial charge is 0.309 e. The van der Waals surface area contributed by atoms with Crippen LogP contribution in [0.4, 0.5) is 10.1 Å². The molecule has 0 spiro atoms. The van der Waals surface area contributed by atoms with Crippen LogP contribution in [0.2, 0.25) is 0 Å². The van der Waals surface area contributed by atoms with Crippen LogP contribution in [0.15, 0.2) is 18.2 Å². The molecule has 2 nitrogen and oxygen atoms in total. The van der Waals surface area contributed by atoms with Crippen LogP contribution in [0, 0.1) is 18.2 Å². The van der Waals surface area contributed by atoms with E-state index >= 15 is 0 Å². The number of carbonyl (C=O) groups excluding carboxylic acids is 1. The molecule has 0 fully saturated rings. The monoisotopic (exact) mass is 279 g/mol. The van der Waals surface area contributed by atoms with E-state index in [1.165, 1.54) is 6.07 Å². The number of aryl methyl sites for hydroxylation is 1. The summed E-state index contributed by atoms with van der Waals surface area (Å²) < 4.78 is 13.4. The van der Waals surface area contributed by atoms with Gasteiger partial charge in [-0.05, 0) is 50.5 Å². The number of hydrogen-bond acceptors (Lipinski definition) is 1. The lowest BCUT2D eigenvalue weighted by Gasteiger charge is -2.35. The molecular formula is C17H26FNO. The zero-order valence-electron chi connectivity index (χ0n) is 13.5. The van der Waals surface area contributed by atoms with Crippen LogP contribution in [0.25, 0.3) is 0 Å². The summed E-state index contributed by atoms with van der Waals surface area (Å²) in [6.07, 6.45) is 1.64. The third-order valence-corrected chi connectivity index (χ3v) is 4.13. The Kier molecular flexibility index (Phi) is 5.32. The molecule has 20 heavy (non-hydrogen) atoms. The molecule has 0 heterocycles. The van der Waals surface area contributed by atoms with Crippen molar-refractivity contribution in [3.8, 4) is 0 Å². The van der Waals surface area contributed by atoms with E-state index in [2.05, 4.69) is 6.92 Å². The summed E-state index contributed by atoms with van der Waals surface area (Å²) in [7, 11) is 0. The van der Waals surface area contributed by atoms with Gasteiger partial charge in [0.1, 0.15) is 5.82 Å². The van der Waals surface area contributed by atoms with Crippen LogP contribution in [0.3, 0.4) is 0 Å². The van der Waals surface area contributed by atoms with E-state index in [1.54, 1.807) is 19.1 Å². The maximum atomic E-state index is 13.4. The van der Waals surface area contributed by atoms with E-state index in [0.29, 0.717) is 5.56 Å². The second-order valence-electron chi connectivity index (χ2n) is 6.10. The zero-order valence-corrected chi connectivity index (χ0v) is 13.5. The lowest BCUT2D eigenvalue weighted by atomic mass is 9.87. The Morgan fingerprint density at radius 3 is 2.40 bits per heavy atom. The fourth-order valence-electron chi connectivity index (χ4n) is 2.01. The predicted octanol–water partition coefficient (Wildman–Crippen LogP) is 4.70. The summed E-state index contributed by atoms with van der Waals surface area (Å²) in [5.41, 5.74) is 0.939. The van der Waals surface area contributed by atoms with E-state index in [4.69, 9.17) is 0 Å². The van der Waals surface area contributed by atoms with Gasteiger partial charge < -0.3 is 4.90 Å². The molecule has 1 atom stereocenters. The van der Waals surface area contributed by atoms with Crippen LogP contribution < -0.4 is 4.90 Å². The maximum absolute atomic E-state index is 13.4. The van der Waals surface area contributed by atoms with E-state index in [1.807, 2.05) is 32.6 Å². The first-order valence-electron chi connectivity index (χ1n) is 7.34. The molecule has 0 aliphatic rings. The van der Waals surface area contributed by atoms with Gasteiger partial charge in [0, 0.05) is 17.1 Å². The van der Waals surface area contributed by atoms with Crippen molar-refractivity contribution in [1.29, 1.82) is 0 Å². The minimum atomic E-state index is -0.411. The van der Waals surface area contributed by atoms with Gasteiger partial charge >= 0.3 is 0 Å². The summed E-state index contributed by atoms with van der Waals surface area (Å²) in [4.78, 5) is 14.6. The van der Waals surface area contributed by atoms with Crippen molar-refractivity contribution in [3.05, 3.63) is 29.6 Å². The fraction of sp³-hybridized carbons (Fsp3) is 0.588. The number of halogens is 1. The topological polar surface area (TPSA) is 20.3 Å². The van der Waals surface area contributed by atoms with Gasteiger partial charge in [0.15, 0.2) is 0 Å². The van der Waals surface area contributed by atoms with Crippen LogP contribution >= 0.6 is 0 Å². The maximum Gasteiger partial charge on any atom is 0.232 e. The first-order chi connectivity index (χ1) is 9.24. The van der Waals surface area contributed by atoms with Crippen molar-refractivity contribution >= 4 is 11.6 Å². The van der Waals surface area contributed by atoms with Crippen molar-refractivity contribution in [2.45, 2.75) is 60.4 Å². The quantitative estimate of drug-likeness (QED) is 0.765. The molecule has 0 saturated heterocycles. The highest BCUT2D eigenvalue weighted by atomic mass is 19.1. The molecule has 0 saturated carbocycles. The molecule has 1 aromatic rings. The predicted molar refractivity (Wildman–Crippen MR) is 82.4 cm³/mol. The smallest absolute Gasteiger partial charge is 0.232 e. The van der Waals surface area contributed by atoms with Gasteiger partial charge in [-0.3, -0.25) is 4.79 Å². The van der Waals surface area contributed by atoms with Crippen molar-refractivity contribution in [3.63, 3.8) is 0 Å². The number of rotatable bonds is 5. The molecule has 1 unspecified atom stereocenters. The Bertz CT molecular complexity index is 482.